The van der Waals surface area contributed by atoms with Gasteiger partial charge in [-0.3, -0.25) is 4.57 Å². The molecular formula is C15H10BrNO3. The Balaban J connectivity index is 2.18. The van der Waals surface area contributed by atoms with Crippen LogP contribution >= 0.6 is 15.9 Å². The predicted octanol–water partition coefficient (Wildman–Crippen LogP) is 2.77. The van der Waals surface area contributed by atoms with Crippen molar-refractivity contribution in [1.29, 1.82) is 0 Å². The molecule has 0 atom stereocenters. The van der Waals surface area contributed by atoms with Crippen molar-refractivity contribution in [3.63, 3.8) is 0 Å². The zero-order valence-electron chi connectivity index (χ0n) is 10.4. The molecule has 4 nitrogen and oxygen atoms in total. The molecular weight excluding hydrogens is 322 g/mol. The van der Waals surface area contributed by atoms with Crippen LogP contribution in [0.15, 0.2) is 67.0 Å². The number of nitrogens with zero attached hydrogens (tertiary/aromatic N) is 1. The van der Waals surface area contributed by atoms with Crippen molar-refractivity contribution in [3.05, 3.63) is 79.5 Å². The lowest BCUT2D eigenvalue weighted by Gasteiger charge is -2.08. The van der Waals surface area contributed by atoms with Gasteiger partial charge < -0.3 is 4.42 Å². The Morgan fingerprint density at radius 1 is 1.00 bits per heavy atom. The fourth-order valence-corrected chi connectivity index (χ4v) is 2.36. The molecule has 3 rings (SSSR count). The van der Waals surface area contributed by atoms with E-state index in [2.05, 4.69) is 15.9 Å². The molecule has 0 aliphatic carbocycles. The second-order valence-corrected chi connectivity index (χ2v) is 5.30. The lowest BCUT2D eigenvalue weighted by atomic mass is 10.2. The minimum Gasteiger partial charge on any atom is -0.372 e. The Kier molecular flexibility index (Phi) is 3.28. The molecule has 0 N–H and O–H groups in total. The molecule has 0 amide bonds. The first-order valence-corrected chi connectivity index (χ1v) is 6.81. The van der Waals surface area contributed by atoms with Crippen molar-refractivity contribution in [2.24, 2.45) is 0 Å². The van der Waals surface area contributed by atoms with Gasteiger partial charge in [-0.15, -0.1) is 0 Å². The maximum atomic E-state index is 11.9. The quantitative estimate of drug-likeness (QED) is 0.725. The highest BCUT2D eigenvalue weighted by atomic mass is 79.9. The average Bonchev–Trinajstić information content (AvgIpc) is 2.45. The summed E-state index contributed by atoms with van der Waals surface area (Å²) in [5.41, 5.74) is 0.934. The van der Waals surface area contributed by atoms with Gasteiger partial charge in [0.1, 0.15) is 0 Å². The topological polar surface area (TPSA) is 52.2 Å². The Morgan fingerprint density at radius 2 is 1.70 bits per heavy atom. The molecule has 1 heterocycles. The summed E-state index contributed by atoms with van der Waals surface area (Å²) >= 11 is 3.37. The van der Waals surface area contributed by atoms with Crippen molar-refractivity contribution < 1.29 is 4.42 Å². The van der Waals surface area contributed by atoms with Crippen LogP contribution < -0.4 is 11.4 Å². The van der Waals surface area contributed by atoms with Crippen LogP contribution in [0.4, 0.5) is 0 Å². The van der Waals surface area contributed by atoms with Crippen LogP contribution in [0.2, 0.25) is 0 Å². The highest BCUT2D eigenvalue weighted by molar-refractivity contribution is 9.10. The summed E-state index contributed by atoms with van der Waals surface area (Å²) in [6.07, 6.45) is 0. The van der Waals surface area contributed by atoms with Gasteiger partial charge in [0.2, 0.25) is 0 Å². The van der Waals surface area contributed by atoms with Crippen LogP contribution in [0.3, 0.4) is 0 Å². The van der Waals surface area contributed by atoms with Gasteiger partial charge in [0, 0.05) is 4.47 Å². The SMILES string of the molecule is O=c1oc(=O)n(Cc2ccc(Br)cc2)c2ccccc12. The Hall–Kier alpha value is -2.14. The van der Waals surface area contributed by atoms with Crippen molar-refractivity contribution in [2.45, 2.75) is 6.54 Å². The van der Waals surface area contributed by atoms with Crippen LogP contribution in [0.1, 0.15) is 5.56 Å². The molecule has 100 valence electrons. The van der Waals surface area contributed by atoms with E-state index in [1.807, 2.05) is 24.3 Å². The minimum atomic E-state index is -0.642. The van der Waals surface area contributed by atoms with Crippen LogP contribution in [-0.4, -0.2) is 4.57 Å². The third-order valence-corrected chi connectivity index (χ3v) is 3.60. The zero-order valence-corrected chi connectivity index (χ0v) is 12.0. The molecule has 0 fully saturated rings. The van der Waals surface area contributed by atoms with E-state index in [4.69, 9.17) is 4.42 Å². The average molecular weight is 332 g/mol. The molecule has 1 aromatic heterocycles. The van der Waals surface area contributed by atoms with Crippen molar-refractivity contribution in [1.82, 2.24) is 4.57 Å². The fraction of sp³-hybridized carbons (Fsp3) is 0.0667. The normalized spacial score (nSPS) is 10.8. The van der Waals surface area contributed by atoms with E-state index >= 15 is 0 Å². The van der Waals surface area contributed by atoms with Crippen LogP contribution in [0, 0.1) is 0 Å². The highest BCUT2D eigenvalue weighted by Gasteiger charge is 2.09. The number of hydrogen-bond donors (Lipinski definition) is 0. The Bertz CT molecular complexity index is 878. The molecule has 5 heteroatoms. The maximum absolute atomic E-state index is 11.9. The Labute approximate surface area is 122 Å². The molecule has 0 saturated heterocycles. The molecule has 0 spiro atoms. The fourth-order valence-electron chi connectivity index (χ4n) is 2.09. The molecule has 0 unspecified atom stereocenters. The summed E-state index contributed by atoms with van der Waals surface area (Å²) in [5.74, 6) is -0.642. The summed E-state index contributed by atoms with van der Waals surface area (Å²) in [5, 5.41) is 0.407. The smallest absolute Gasteiger partial charge is 0.372 e. The van der Waals surface area contributed by atoms with E-state index in [9.17, 15) is 9.59 Å². The number of aromatic nitrogens is 1. The zero-order chi connectivity index (χ0) is 14.1. The standard InChI is InChI=1S/C15H10BrNO3/c16-11-7-5-10(6-8-11)9-17-13-4-2-1-3-12(13)14(18)20-15(17)19/h1-8H,9H2. The lowest BCUT2D eigenvalue weighted by Crippen LogP contribution is -2.25. The van der Waals surface area contributed by atoms with Gasteiger partial charge in [0.25, 0.3) is 0 Å². The first-order valence-electron chi connectivity index (χ1n) is 6.02. The van der Waals surface area contributed by atoms with Crippen LogP contribution in [0.5, 0.6) is 0 Å². The minimum absolute atomic E-state index is 0.358. The summed E-state index contributed by atoms with van der Waals surface area (Å²) in [7, 11) is 0. The molecule has 0 saturated carbocycles. The third kappa shape index (κ3) is 2.32. The number of hydrogen-bond acceptors (Lipinski definition) is 3. The van der Waals surface area contributed by atoms with E-state index in [1.54, 1.807) is 24.3 Å². The van der Waals surface area contributed by atoms with Crippen molar-refractivity contribution in [3.8, 4) is 0 Å². The van der Waals surface area contributed by atoms with E-state index < -0.39 is 11.4 Å². The van der Waals surface area contributed by atoms with Gasteiger partial charge in [-0.1, -0.05) is 40.2 Å². The molecule has 20 heavy (non-hydrogen) atoms. The second-order valence-electron chi connectivity index (χ2n) is 4.39. The molecule has 0 radical (unpaired) electrons. The Morgan fingerprint density at radius 3 is 2.45 bits per heavy atom. The number of para-hydroxylation sites is 1. The highest BCUT2D eigenvalue weighted by Crippen LogP contribution is 2.13. The predicted molar refractivity (Wildman–Crippen MR) is 80.0 cm³/mol. The summed E-state index contributed by atoms with van der Waals surface area (Å²) in [4.78, 5) is 23.6. The van der Waals surface area contributed by atoms with E-state index in [-0.39, 0.29) is 0 Å². The largest absolute Gasteiger partial charge is 0.422 e. The van der Waals surface area contributed by atoms with Crippen LogP contribution in [0.25, 0.3) is 10.9 Å². The van der Waals surface area contributed by atoms with E-state index in [0.29, 0.717) is 17.4 Å². The first kappa shape index (κ1) is 12.9. The number of fused-ring (bicyclic) bond motifs is 1. The lowest BCUT2D eigenvalue weighted by molar-refractivity contribution is 0.425. The first-order chi connectivity index (χ1) is 9.65. The third-order valence-electron chi connectivity index (χ3n) is 3.07. The van der Waals surface area contributed by atoms with Gasteiger partial charge in [0.05, 0.1) is 17.4 Å². The van der Waals surface area contributed by atoms with Gasteiger partial charge in [-0.05, 0) is 29.8 Å². The van der Waals surface area contributed by atoms with Crippen LogP contribution in [-0.2, 0) is 6.54 Å². The number of rotatable bonds is 2. The maximum Gasteiger partial charge on any atom is 0.422 e. The van der Waals surface area contributed by atoms with Gasteiger partial charge in [0.15, 0.2) is 0 Å². The molecule has 0 bridgehead atoms. The monoisotopic (exact) mass is 331 g/mol. The van der Waals surface area contributed by atoms with Crippen molar-refractivity contribution >= 4 is 26.8 Å². The molecule has 0 aliphatic heterocycles. The van der Waals surface area contributed by atoms with Gasteiger partial charge in [-0.25, -0.2) is 9.59 Å². The summed E-state index contributed by atoms with van der Waals surface area (Å²) in [6, 6.07) is 14.6. The second kappa shape index (κ2) is 5.09. The van der Waals surface area contributed by atoms with Gasteiger partial charge in [-0.2, -0.15) is 0 Å². The van der Waals surface area contributed by atoms with E-state index in [1.165, 1.54) is 4.57 Å². The summed E-state index contributed by atoms with van der Waals surface area (Å²) in [6.45, 7) is 0.358. The van der Waals surface area contributed by atoms with Gasteiger partial charge >= 0.3 is 11.4 Å². The molecule has 3 aromatic rings. The van der Waals surface area contributed by atoms with Crippen molar-refractivity contribution in [2.75, 3.05) is 0 Å². The number of benzene rings is 2. The summed E-state index contributed by atoms with van der Waals surface area (Å²) < 4.78 is 7.19. The molecule has 2 aromatic carbocycles. The van der Waals surface area contributed by atoms with E-state index in [0.717, 1.165) is 10.0 Å². The molecule has 0 aliphatic rings. The number of halogens is 1.